The third kappa shape index (κ3) is 8.83. The first-order valence-corrected chi connectivity index (χ1v) is 0. The second kappa shape index (κ2) is 18.1. The van der Waals surface area contributed by atoms with E-state index in [2.05, 4.69) is 0 Å². The van der Waals surface area contributed by atoms with Crippen LogP contribution >= 0.6 is 0 Å². The topological polar surface area (TPSA) is 0 Å². The molecule has 0 aromatic carbocycles. The average molecular weight is 388 g/mol. The molecule has 0 fully saturated rings. The molecule has 0 saturated carbocycles. The van der Waals surface area contributed by atoms with Gasteiger partial charge < -0.3 is 0 Å². The van der Waals surface area contributed by atoms with E-state index in [0.29, 0.717) is 0 Å². The maximum atomic E-state index is 0. The summed E-state index contributed by atoms with van der Waals surface area (Å²) in [6.07, 6.45) is 0. The second-order valence-electron chi connectivity index (χ2n) is 0. The zero-order chi connectivity index (χ0) is 0. The van der Waals surface area contributed by atoms with Gasteiger partial charge in [-0.15, -0.1) is 0 Å². The summed E-state index contributed by atoms with van der Waals surface area (Å²) >= 11 is 0. The predicted octanol–water partition coefficient (Wildman–Crippen LogP) is -0.388. The molecule has 0 heterocycles. The smallest absolute Gasteiger partial charge is 0 e. The van der Waals surface area contributed by atoms with Crippen LogP contribution in [0, 0.1) is 0 Å². The van der Waals surface area contributed by atoms with E-state index in [9.17, 15) is 0 Å². The van der Waals surface area contributed by atoms with Gasteiger partial charge in [0, 0.05) is 77.4 Å². The van der Waals surface area contributed by atoms with E-state index in [1.54, 1.807) is 0 Å². The van der Waals surface area contributed by atoms with Gasteiger partial charge in [0.25, 0.3) is 0 Å². The third-order valence-electron chi connectivity index (χ3n) is 0. The van der Waals surface area contributed by atoms with E-state index < -0.39 is 0 Å². The van der Waals surface area contributed by atoms with Crippen LogP contribution in [0.2, 0.25) is 0 Å². The van der Waals surface area contributed by atoms with Crippen molar-refractivity contribution in [2.24, 2.45) is 0 Å². The molecule has 4 heteroatoms. The molecule has 35 valence electrons. The van der Waals surface area contributed by atoms with Crippen molar-refractivity contribution >= 4 is 27.3 Å². The van der Waals surface area contributed by atoms with Crippen molar-refractivity contribution in [3.05, 3.63) is 0 Å². The molecule has 0 amide bonds. The van der Waals surface area contributed by atoms with Crippen molar-refractivity contribution in [2.45, 2.75) is 0 Å². The van der Waals surface area contributed by atoms with E-state index in [-0.39, 0.29) is 77.4 Å². The molecule has 0 N–H and O–H groups in total. The molecule has 0 atom stereocenters. The Kier molecular flexibility index (Phi) is 145. The fourth-order valence-corrected chi connectivity index (χ4v) is 0. The molecule has 0 aromatic rings. The van der Waals surface area contributed by atoms with E-state index in [4.69, 9.17) is 0 Å². The molecule has 0 nitrogen and oxygen atoms in total. The Bertz CT molecular complexity index is 6.00. The maximum Gasteiger partial charge on any atom is 0 e. The van der Waals surface area contributed by atoms with Crippen LogP contribution in [-0.4, -0.2) is 27.3 Å². The molecular formula is CuNi2Pb. The first kappa shape index (κ1) is 32.1. The Morgan fingerprint density at radius 2 is 0.750 bits per heavy atom. The first-order chi connectivity index (χ1) is 0. The van der Waals surface area contributed by atoms with Crippen molar-refractivity contribution in [3.63, 3.8) is 0 Å². The standard InChI is InChI=1S/Cu.2Ni.Pb. The summed E-state index contributed by atoms with van der Waals surface area (Å²) in [5, 5.41) is 0. The molecule has 0 saturated heterocycles. The summed E-state index contributed by atoms with van der Waals surface area (Å²) in [5.74, 6) is 0. The number of hydrogen-bond acceptors (Lipinski definition) is 0. The van der Waals surface area contributed by atoms with Gasteiger partial charge in [-0.3, -0.25) is 0 Å². The Morgan fingerprint density at radius 3 is 0.750 bits per heavy atom. The van der Waals surface area contributed by atoms with Crippen molar-refractivity contribution in [1.29, 1.82) is 0 Å². The molecular weight excluding hydrogens is 388 g/mol. The Balaban J connectivity index is 0. The SMILES string of the molecule is [Cu].[Ni].[Ni].[Pb]. The average Bonchev–Trinajstić information content (AvgIpc) is 0. The van der Waals surface area contributed by atoms with Gasteiger partial charge in [0.2, 0.25) is 0 Å². The monoisotopic (exact) mass is 387 g/mol. The molecule has 0 aliphatic rings. The molecule has 0 bridgehead atoms. The van der Waals surface area contributed by atoms with Gasteiger partial charge in [0.05, 0.1) is 0 Å². The van der Waals surface area contributed by atoms with Gasteiger partial charge in [-0.25, -0.2) is 0 Å². The summed E-state index contributed by atoms with van der Waals surface area (Å²) in [6.45, 7) is 0. The van der Waals surface area contributed by atoms with Crippen molar-refractivity contribution in [3.8, 4) is 0 Å². The van der Waals surface area contributed by atoms with Crippen LogP contribution in [-0.2, 0) is 50.1 Å². The van der Waals surface area contributed by atoms with E-state index in [0.717, 1.165) is 0 Å². The largest absolute Gasteiger partial charge is 0 e. The quantitative estimate of drug-likeness (QED) is 0.497. The minimum atomic E-state index is 0. The van der Waals surface area contributed by atoms with E-state index in [1.807, 2.05) is 0 Å². The Hall–Kier alpha value is 2.43. The van der Waals surface area contributed by atoms with Gasteiger partial charge in [-0.05, 0) is 0 Å². The Morgan fingerprint density at radius 1 is 0.750 bits per heavy atom. The predicted molar refractivity (Wildman–Crippen MR) is 5.75 cm³/mol. The fraction of sp³-hybridized carbons (Fsp3) is 0. The van der Waals surface area contributed by atoms with Crippen LogP contribution in [0.15, 0.2) is 0 Å². The summed E-state index contributed by atoms with van der Waals surface area (Å²) in [4.78, 5) is 0. The summed E-state index contributed by atoms with van der Waals surface area (Å²) < 4.78 is 0. The molecule has 0 aliphatic carbocycles. The van der Waals surface area contributed by atoms with Crippen LogP contribution in [0.4, 0.5) is 0 Å². The summed E-state index contributed by atoms with van der Waals surface area (Å²) in [6, 6.07) is 0. The van der Waals surface area contributed by atoms with Gasteiger partial charge in [-0.2, -0.15) is 0 Å². The van der Waals surface area contributed by atoms with E-state index in [1.165, 1.54) is 0 Å². The first-order valence-electron chi connectivity index (χ1n) is 0. The molecule has 4 heavy (non-hydrogen) atoms. The number of hydrogen-bond donors (Lipinski definition) is 0. The zero-order valence-corrected chi connectivity index (χ0v) is 8.24. The van der Waals surface area contributed by atoms with Gasteiger partial charge >= 0.3 is 0 Å². The minimum Gasteiger partial charge on any atom is 0 e. The van der Waals surface area contributed by atoms with E-state index >= 15 is 0 Å². The summed E-state index contributed by atoms with van der Waals surface area (Å²) in [5.41, 5.74) is 0. The van der Waals surface area contributed by atoms with Crippen molar-refractivity contribution in [1.82, 2.24) is 0 Å². The van der Waals surface area contributed by atoms with Crippen LogP contribution in [0.1, 0.15) is 0 Å². The van der Waals surface area contributed by atoms with Gasteiger partial charge in [-0.1, -0.05) is 0 Å². The number of rotatable bonds is 0. The second-order valence-corrected chi connectivity index (χ2v) is 0. The molecule has 5 radical (unpaired) electrons. The normalized spacial score (nSPS) is 0. The molecule has 0 aliphatic heterocycles. The van der Waals surface area contributed by atoms with Crippen LogP contribution in [0.3, 0.4) is 0 Å². The maximum absolute atomic E-state index is 0. The zero-order valence-electron chi connectivity index (χ0n) is 1.43. The van der Waals surface area contributed by atoms with Crippen molar-refractivity contribution < 1.29 is 50.1 Å². The molecule has 0 aromatic heterocycles. The third-order valence-corrected chi connectivity index (χ3v) is 0. The minimum absolute atomic E-state index is 0. The Labute approximate surface area is 76.3 Å². The molecule has 0 spiro atoms. The fourth-order valence-electron chi connectivity index (χ4n) is 0. The van der Waals surface area contributed by atoms with Crippen LogP contribution in [0.25, 0.3) is 0 Å². The van der Waals surface area contributed by atoms with Crippen molar-refractivity contribution in [2.75, 3.05) is 0 Å². The van der Waals surface area contributed by atoms with Crippen LogP contribution < -0.4 is 0 Å². The molecule has 0 unspecified atom stereocenters. The molecule has 0 rings (SSSR count). The summed E-state index contributed by atoms with van der Waals surface area (Å²) in [7, 11) is 0. The van der Waals surface area contributed by atoms with Crippen LogP contribution in [0.5, 0.6) is 0 Å². The van der Waals surface area contributed by atoms with Gasteiger partial charge in [0.1, 0.15) is 0 Å². The van der Waals surface area contributed by atoms with Gasteiger partial charge in [0.15, 0.2) is 0 Å².